The molecule has 15 heavy (non-hydrogen) atoms. The molecule has 0 unspecified atom stereocenters. The van der Waals surface area contributed by atoms with Crippen molar-refractivity contribution in [1.29, 1.82) is 0 Å². The summed E-state index contributed by atoms with van der Waals surface area (Å²) >= 11 is 0. The summed E-state index contributed by atoms with van der Waals surface area (Å²) in [6.07, 6.45) is 5.95. The summed E-state index contributed by atoms with van der Waals surface area (Å²) in [5.41, 5.74) is -0.0858. The average molecular weight is 213 g/mol. The van der Waals surface area contributed by atoms with Gasteiger partial charge in [-0.2, -0.15) is 0 Å². The molecule has 1 aliphatic rings. The first-order chi connectivity index (χ1) is 7.00. The summed E-state index contributed by atoms with van der Waals surface area (Å²) < 4.78 is 0. The van der Waals surface area contributed by atoms with E-state index in [1.807, 2.05) is 14.1 Å². The van der Waals surface area contributed by atoms with E-state index in [1.165, 1.54) is 19.3 Å². The molecular formula is C12H23NO2. The summed E-state index contributed by atoms with van der Waals surface area (Å²) in [4.78, 5) is 13.0. The Kier molecular flexibility index (Phi) is 4.14. The molecule has 0 amide bonds. The molecule has 1 saturated carbocycles. The Hall–Kier alpha value is -0.570. The molecule has 0 aromatic rings. The standard InChI is InChI=1S/C12H23NO2/c1-4-10-5-7-12(8-6-10,13(2)3)9-11(14)15/h10H,4-9H2,1-3H3,(H,14,15). The summed E-state index contributed by atoms with van der Waals surface area (Å²) in [5.74, 6) is 0.144. The van der Waals surface area contributed by atoms with Crippen molar-refractivity contribution in [1.82, 2.24) is 4.90 Å². The van der Waals surface area contributed by atoms with E-state index in [4.69, 9.17) is 5.11 Å². The van der Waals surface area contributed by atoms with Gasteiger partial charge in [-0.1, -0.05) is 13.3 Å². The summed E-state index contributed by atoms with van der Waals surface area (Å²) in [6.45, 7) is 2.23. The lowest BCUT2D eigenvalue weighted by Gasteiger charge is -2.44. The zero-order chi connectivity index (χ0) is 11.5. The number of carboxylic acids is 1. The number of hydrogen-bond acceptors (Lipinski definition) is 2. The van der Waals surface area contributed by atoms with E-state index in [0.29, 0.717) is 0 Å². The SMILES string of the molecule is CCC1CCC(CC(=O)O)(N(C)C)CC1. The Morgan fingerprint density at radius 3 is 2.27 bits per heavy atom. The maximum atomic E-state index is 10.9. The maximum absolute atomic E-state index is 10.9. The molecule has 0 atom stereocenters. The van der Waals surface area contributed by atoms with Crippen LogP contribution in [0.1, 0.15) is 45.4 Å². The van der Waals surface area contributed by atoms with E-state index in [0.717, 1.165) is 18.8 Å². The lowest BCUT2D eigenvalue weighted by atomic mass is 9.73. The molecule has 0 heterocycles. The van der Waals surface area contributed by atoms with Gasteiger partial charge in [-0.15, -0.1) is 0 Å². The highest BCUT2D eigenvalue weighted by Gasteiger charge is 2.38. The third kappa shape index (κ3) is 2.94. The Labute approximate surface area is 92.5 Å². The molecule has 1 N–H and O–H groups in total. The minimum absolute atomic E-state index is 0.0858. The normalized spacial score (nSPS) is 31.9. The van der Waals surface area contributed by atoms with E-state index in [-0.39, 0.29) is 12.0 Å². The van der Waals surface area contributed by atoms with Crippen LogP contribution >= 0.6 is 0 Å². The van der Waals surface area contributed by atoms with Gasteiger partial charge in [-0.3, -0.25) is 4.79 Å². The summed E-state index contributed by atoms with van der Waals surface area (Å²) in [7, 11) is 4.02. The molecule has 1 fully saturated rings. The molecular weight excluding hydrogens is 190 g/mol. The summed E-state index contributed by atoms with van der Waals surface area (Å²) in [6, 6.07) is 0. The Morgan fingerprint density at radius 1 is 1.40 bits per heavy atom. The lowest BCUT2D eigenvalue weighted by Crippen LogP contribution is -2.48. The molecule has 0 aliphatic heterocycles. The van der Waals surface area contributed by atoms with Crippen LogP contribution in [0.2, 0.25) is 0 Å². The monoisotopic (exact) mass is 213 g/mol. The second kappa shape index (κ2) is 4.97. The molecule has 0 aromatic carbocycles. The van der Waals surface area contributed by atoms with Crippen LogP contribution in [0.25, 0.3) is 0 Å². The van der Waals surface area contributed by atoms with E-state index in [1.54, 1.807) is 0 Å². The minimum atomic E-state index is -0.668. The quantitative estimate of drug-likeness (QED) is 0.779. The van der Waals surface area contributed by atoms with Crippen molar-refractivity contribution in [3.8, 4) is 0 Å². The number of nitrogens with zero attached hydrogens (tertiary/aromatic N) is 1. The molecule has 0 radical (unpaired) electrons. The van der Waals surface area contributed by atoms with Gasteiger partial charge in [-0.25, -0.2) is 0 Å². The summed E-state index contributed by atoms with van der Waals surface area (Å²) in [5, 5.41) is 8.98. The van der Waals surface area contributed by atoms with E-state index in [2.05, 4.69) is 11.8 Å². The predicted octanol–water partition coefficient (Wildman–Crippen LogP) is 2.36. The molecule has 0 spiro atoms. The minimum Gasteiger partial charge on any atom is -0.481 e. The highest BCUT2D eigenvalue weighted by Crippen LogP contribution is 2.38. The zero-order valence-electron chi connectivity index (χ0n) is 10.1. The van der Waals surface area contributed by atoms with Crippen molar-refractivity contribution in [3.63, 3.8) is 0 Å². The van der Waals surface area contributed by atoms with Crippen molar-refractivity contribution in [2.24, 2.45) is 5.92 Å². The van der Waals surface area contributed by atoms with E-state index in [9.17, 15) is 4.79 Å². The fourth-order valence-electron chi connectivity index (χ4n) is 2.69. The smallest absolute Gasteiger partial charge is 0.305 e. The van der Waals surface area contributed by atoms with Crippen LogP contribution in [0, 0.1) is 5.92 Å². The third-order valence-corrected chi connectivity index (χ3v) is 4.04. The van der Waals surface area contributed by atoms with Crippen LogP contribution < -0.4 is 0 Å². The van der Waals surface area contributed by atoms with Crippen LogP contribution in [0.4, 0.5) is 0 Å². The van der Waals surface area contributed by atoms with Crippen molar-refractivity contribution >= 4 is 5.97 Å². The van der Waals surface area contributed by atoms with Crippen molar-refractivity contribution in [2.45, 2.75) is 51.0 Å². The number of rotatable bonds is 4. The van der Waals surface area contributed by atoms with Crippen LogP contribution in [0.3, 0.4) is 0 Å². The second-order valence-corrected chi connectivity index (χ2v) is 5.04. The Morgan fingerprint density at radius 2 is 1.93 bits per heavy atom. The largest absolute Gasteiger partial charge is 0.481 e. The fraction of sp³-hybridized carbons (Fsp3) is 0.917. The van der Waals surface area contributed by atoms with Gasteiger partial charge in [0.1, 0.15) is 0 Å². The van der Waals surface area contributed by atoms with Gasteiger partial charge in [-0.05, 0) is 45.7 Å². The van der Waals surface area contributed by atoms with Crippen molar-refractivity contribution in [2.75, 3.05) is 14.1 Å². The van der Waals surface area contributed by atoms with E-state index >= 15 is 0 Å². The van der Waals surface area contributed by atoms with Crippen LogP contribution in [0.5, 0.6) is 0 Å². The molecule has 3 nitrogen and oxygen atoms in total. The lowest BCUT2D eigenvalue weighted by molar-refractivity contribution is -0.141. The Bertz CT molecular complexity index is 218. The van der Waals surface area contributed by atoms with Gasteiger partial charge in [0.25, 0.3) is 0 Å². The Balaban J connectivity index is 2.64. The molecule has 0 bridgehead atoms. The first kappa shape index (κ1) is 12.5. The highest BCUT2D eigenvalue weighted by atomic mass is 16.4. The average Bonchev–Trinajstić information content (AvgIpc) is 2.17. The fourth-order valence-corrected chi connectivity index (χ4v) is 2.69. The zero-order valence-corrected chi connectivity index (χ0v) is 10.1. The molecule has 3 heteroatoms. The van der Waals surface area contributed by atoms with Crippen molar-refractivity contribution in [3.05, 3.63) is 0 Å². The van der Waals surface area contributed by atoms with Gasteiger partial charge in [0.15, 0.2) is 0 Å². The molecule has 1 aliphatic carbocycles. The van der Waals surface area contributed by atoms with Crippen LogP contribution in [-0.2, 0) is 4.79 Å². The second-order valence-electron chi connectivity index (χ2n) is 5.04. The van der Waals surface area contributed by atoms with E-state index < -0.39 is 5.97 Å². The number of carboxylic acid groups (broad SMARTS) is 1. The number of carbonyl (C=O) groups is 1. The van der Waals surface area contributed by atoms with Gasteiger partial charge in [0, 0.05) is 5.54 Å². The van der Waals surface area contributed by atoms with Gasteiger partial charge < -0.3 is 10.0 Å². The van der Waals surface area contributed by atoms with Gasteiger partial charge >= 0.3 is 5.97 Å². The first-order valence-corrected chi connectivity index (χ1v) is 5.89. The van der Waals surface area contributed by atoms with Gasteiger partial charge in [0.2, 0.25) is 0 Å². The highest BCUT2D eigenvalue weighted by molar-refractivity contribution is 5.68. The van der Waals surface area contributed by atoms with Crippen molar-refractivity contribution < 1.29 is 9.90 Å². The molecule has 0 saturated heterocycles. The topological polar surface area (TPSA) is 40.5 Å². The first-order valence-electron chi connectivity index (χ1n) is 5.89. The number of hydrogen-bond donors (Lipinski definition) is 1. The molecule has 88 valence electrons. The van der Waals surface area contributed by atoms with Gasteiger partial charge in [0.05, 0.1) is 6.42 Å². The molecule has 0 aromatic heterocycles. The van der Waals surface area contributed by atoms with Crippen LogP contribution in [-0.4, -0.2) is 35.6 Å². The third-order valence-electron chi connectivity index (χ3n) is 4.04. The van der Waals surface area contributed by atoms with Crippen LogP contribution in [0.15, 0.2) is 0 Å². The maximum Gasteiger partial charge on any atom is 0.305 e. The molecule has 1 rings (SSSR count). The number of aliphatic carboxylic acids is 1. The predicted molar refractivity (Wildman–Crippen MR) is 60.9 cm³/mol.